The first kappa shape index (κ1) is 19.6. The van der Waals surface area contributed by atoms with Gasteiger partial charge in [-0.15, -0.1) is 0 Å². The lowest BCUT2D eigenvalue weighted by Crippen LogP contribution is -2.52. The molecule has 0 aromatic heterocycles. The van der Waals surface area contributed by atoms with Crippen LogP contribution in [0.15, 0.2) is 48.5 Å². The predicted molar refractivity (Wildman–Crippen MR) is 112 cm³/mol. The number of carbonyl (C=O) groups excluding carboxylic acids is 1. The number of rotatable bonds is 5. The maximum absolute atomic E-state index is 13.1. The number of carbonyl (C=O) groups is 1. The highest BCUT2D eigenvalue weighted by Crippen LogP contribution is 2.35. The van der Waals surface area contributed by atoms with E-state index in [-0.39, 0.29) is 12.0 Å². The molecule has 1 amide bonds. The van der Waals surface area contributed by atoms with E-state index in [1.165, 1.54) is 0 Å². The highest BCUT2D eigenvalue weighted by Gasteiger charge is 2.34. The molecule has 0 radical (unpaired) electrons. The standard InChI is InChI=1S/C23H28N2O4/c1-17(2)28-20-9-5-3-7-18(20)15-25-16-22(23(26)24-11-13-27-14-12-24)29-21-10-6-4-8-19(21)25/h3-10,17,22H,11-16H2,1-2H3. The molecule has 29 heavy (non-hydrogen) atoms. The summed E-state index contributed by atoms with van der Waals surface area (Å²) in [6.07, 6.45) is -0.426. The van der Waals surface area contributed by atoms with Crippen molar-refractivity contribution in [1.82, 2.24) is 4.90 Å². The first-order valence-electron chi connectivity index (χ1n) is 10.2. The maximum atomic E-state index is 13.1. The molecule has 0 N–H and O–H groups in total. The van der Waals surface area contributed by atoms with Crippen LogP contribution in [0.2, 0.25) is 0 Å². The molecule has 6 nitrogen and oxygen atoms in total. The molecule has 1 saturated heterocycles. The highest BCUT2D eigenvalue weighted by molar-refractivity contribution is 5.83. The minimum atomic E-state index is -0.527. The lowest BCUT2D eigenvalue weighted by Gasteiger charge is -2.38. The van der Waals surface area contributed by atoms with Crippen LogP contribution in [-0.2, 0) is 16.1 Å². The molecule has 0 aliphatic carbocycles. The molecule has 2 aromatic carbocycles. The summed E-state index contributed by atoms with van der Waals surface area (Å²) in [5.74, 6) is 1.65. The molecule has 0 bridgehead atoms. The number of fused-ring (bicyclic) bond motifs is 1. The highest BCUT2D eigenvalue weighted by atomic mass is 16.5. The van der Waals surface area contributed by atoms with Gasteiger partial charge in [-0.1, -0.05) is 30.3 Å². The summed E-state index contributed by atoms with van der Waals surface area (Å²) in [5, 5.41) is 0. The fourth-order valence-corrected chi connectivity index (χ4v) is 3.78. The van der Waals surface area contributed by atoms with Crippen LogP contribution in [0.25, 0.3) is 0 Å². The average Bonchev–Trinajstić information content (AvgIpc) is 2.75. The van der Waals surface area contributed by atoms with Gasteiger partial charge >= 0.3 is 0 Å². The van der Waals surface area contributed by atoms with Crippen molar-refractivity contribution in [3.05, 3.63) is 54.1 Å². The Morgan fingerprint density at radius 1 is 1.10 bits per heavy atom. The lowest BCUT2D eigenvalue weighted by atomic mass is 10.1. The molecule has 6 heteroatoms. The summed E-state index contributed by atoms with van der Waals surface area (Å²) >= 11 is 0. The van der Waals surface area contributed by atoms with Gasteiger partial charge in [0.05, 0.1) is 31.5 Å². The van der Waals surface area contributed by atoms with Crippen LogP contribution in [0.3, 0.4) is 0 Å². The Labute approximate surface area is 172 Å². The molecular formula is C23H28N2O4. The Morgan fingerprint density at radius 3 is 2.62 bits per heavy atom. The van der Waals surface area contributed by atoms with Crippen LogP contribution in [-0.4, -0.2) is 55.9 Å². The zero-order valence-corrected chi connectivity index (χ0v) is 17.0. The van der Waals surface area contributed by atoms with Gasteiger partial charge in [0.2, 0.25) is 0 Å². The fourth-order valence-electron chi connectivity index (χ4n) is 3.78. The van der Waals surface area contributed by atoms with E-state index in [9.17, 15) is 4.79 Å². The number of anilines is 1. The number of hydrogen-bond acceptors (Lipinski definition) is 5. The summed E-state index contributed by atoms with van der Waals surface area (Å²) in [6, 6.07) is 16.0. The van der Waals surface area contributed by atoms with Gasteiger partial charge in [0, 0.05) is 25.2 Å². The number of morpholine rings is 1. The molecule has 4 rings (SSSR count). The Hall–Kier alpha value is -2.73. The molecule has 154 valence electrons. The third-order valence-corrected chi connectivity index (χ3v) is 5.16. The van der Waals surface area contributed by atoms with Crippen molar-refractivity contribution in [2.45, 2.75) is 32.6 Å². The average molecular weight is 396 g/mol. The van der Waals surface area contributed by atoms with Crippen molar-refractivity contribution in [2.75, 3.05) is 37.7 Å². The van der Waals surface area contributed by atoms with Crippen molar-refractivity contribution >= 4 is 11.6 Å². The molecule has 2 aliphatic heterocycles. The molecule has 1 unspecified atom stereocenters. The molecule has 2 heterocycles. The molecule has 2 aliphatic rings. The maximum Gasteiger partial charge on any atom is 0.265 e. The van der Waals surface area contributed by atoms with Gasteiger partial charge in [-0.05, 0) is 32.0 Å². The Balaban J connectivity index is 1.58. The molecule has 1 fully saturated rings. The Morgan fingerprint density at radius 2 is 1.83 bits per heavy atom. The van der Waals surface area contributed by atoms with E-state index in [4.69, 9.17) is 14.2 Å². The largest absolute Gasteiger partial charge is 0.491 e. The number of benzene rings is 2. The Kier molecular flexibility index (Phi) is 5.90. The van der Waals surface area contributed by atoms with Crippen LogP contribution >= 0.6 is 0 Å². The van der Waals surface area contributed by atoms with Crippen LogP contribution in [0.5, 0.6) is 11.5 Å². The molecule has 1 atom stereocenters. The summed E-state index contributed by atoms with van der Waals surface area (Å²) in [5.41, 5.74) is 2.09. The van der Waals surface area contributed by atoms with Gasteiger partial charge in [0.25, 0.3) is 5.91 Å². The van der Waals surface area contributed by atoms with Gasteiger partial charge in [-0.2, -0.15) is 0 Å². The van der Waals surface area contributed by atoms with E-state index in [1.807, 2.05) is 61.2 Å². The third-order valence-electron chi connectivity index (χ3n) is 5.16. The summed E-state index contributed by atoms with van der Waals surface area (Å²) < 4.78 is 17.5. The minimum Gasteiger partial charge on any atom is -0.491 e. The van der Waals surface area contributed by atoms with Gasteiger partial charge in [-0.25, -0.2) is 0 Å². The lowest BCUT2D eigenvalue weighted by molar-refractivity contribution is -0.142. The first-order valence-corrected chi connectivity index (χ1v) is 10.2. The van der Waals surface area contributed by atoms with Gasteiger partial charge < -0.3 is 24.0 Å². The van der Waals surface area contributed by atoms with Crippen LogP contribution in [0.4, 0.5) is 5.69 Å². The van der Waals surface area contributed by atoms with E-state index in [0.717, 1.165) is 22.7 Å². The van der Waals surface area contributed by atoms with Crippen LogP contribution in [0.1, 0.15) is 19.4 Å². The van der Waals surface area contributed by atoms with Gasteiger partial charge in [-0.3, -0.25) is 4.79 Å². The van der Waals surface area contributed by atoms with E-state index < -0.39 is 6.10 Å². The Bertz CT molecular complexity index is 848. The van der Waals surface area contributed by atoms with Gasteiger partial charge in [0.1, 0.15) is 11.5 Å². The van der Waals surface area contributed by atoms with Crippen LogP contribution < -0.4 is 14.4 Å². The third kappa shape index (κ3) is 4.48. The summed E-state index contributed by atoms with van der Waals surface area (Å²) in [6.45, 7) is 7.60. The van der Waals surface area contributed by atoms with E-state index in [0.29, 0.717) is 39.4 Å². The van der Waals surface area contributed by atoms with Crippen molar-refractivity contribution in [3.63, 3.8) is 0 Å². The molecular weight excluding hydrogens is 368 g/mol. The number of para-hydroxylation sites is 3. The second-order valence-corrected chi connectivity index (χ2v) is 7.67. The smallest absolute Gasteiger partial charge is 0.265 e. The van der Waals surface area contributed by atoms with E-state index in [2.05, 4.69) is 11.0 Å². The molecule has 2 aromatic rings. The topological polar surface area (TPSA) is 51.2 Å². The number of ether oxygens (including phenoxy) is 3. The van der Waals surface area contributed by atoms with Crippen molar-refractivity contribution in [3.8, 4) is 11.5 Å². The molecule has 0 spiro atoms. The van der Waals surface area contributed by atoms with E-state index >= 15 is 0 Å². The SMILES string of the molecule is CC(C)Oc1ccccc1CN1CC(C(=O)N2CCOCC2)Oc2ccccc21. The van der Waals surface area contributed by atoms with E-state index in [1.54, 1.807) is 0 Å². The monoisotopic (exact) mass is 396 g/mol. The van der Waals surface area contributed by atoms with Gasteiger partial charge in [0.15, 0.2) is 6.10 Å². The normalized spacial score (nSPS) is 18.9. The number of hydrogen-bond donors (Lipinski definition) is 0. The second kappa shape index (κ2) is 8.74. The summed E-state index contributed by atoms with van der Waals surface area (Å²) in [4.78, 5) is 17.1. The zero-order chi connectivity index (χ0) is 20.2. The molecule has 0 saturated carbocycles. The number of nitrogens with zero attached hydrogens (tertiary/aromatic N) is 2. The quantitative estimate of drug-likeness (QED) is 0.777. The van der Waals surface area contributed by atoms with Crippen molar-refractivity contribution in [2.24, 2.45) is 0 Å². The second-order valence-electron chi connectivity index (χ2n) is 7.67. The fraction of sp³-hybridized carbons (Fsp3) is 0.435. The first-order chi connectivity index (χ1) is 14.1. The summed E-state index contributed by atoms with van der Waals surface area (Å²) in [7, 11) is 0. The zero-order valence-electron chi connectivity index (χ0n) is 17.0. The minimum absolute atomic E-state index is 0.0273. The van der Waals surface area contributed by atoms with Crippen LogP contribution in [0, 0.1) is 0 Å². The predicted octanol–water partition coefficient (Wildman–Crippen LogP) is 3.10. The number of amides is 1. The van der Waals surface area contributed by atoms with Crippen molar-refractivity contribution < 1.29 is 19.0 Å². The van der Waals surface area contributed by atoms with Crippen molar-refractivity contribution in [1.29, 1.82) is 0 Å².